The van der Waals surface area contributed by atoms with E-state index < -0.39 is 21.8 Å². The molecule has 0 aromatic carbocycles. The number of hydrogen-bond acceptors (Lipinski definition) is 5. The average Bonchev–Trinajstić information content (AvgIpc) is 2.28. The molecule has 0 aromatic heterocycles. The number of hydrogen-bond donors (Lipinski definition) is 3. The second kappa shape index (κ2) is 6.49. The molecule has 0 unspecified atom stereocenters. The summed E-state index contributed by atoms with van der Waals surface area (Å²) in [6, 6.07) is 0. The van der Waals surface area contributed by atoms with E-state index in [9.17, 15) is 13.2 Å². The maximum Gasteiger partial charge on any atom is 0.421 e. The molecule has 0 bridgehead atoms. The Balaban J connectivity index is 2.78. The van der Waals surface area contributed by atoms with Gasteiger partial charge < -0.3 is 10.5 Å². The van der Waals surface area contributed by atoms with Crippen LogP contribution < -0.4 is 15.2 Å². The Morgan fingerprint density at radius 2 is 1.95 bits per heavy atom. The van der Waals surface area contributed by atoms with Crippen molar-refractivity contribution in [2.45, 2.75) is 44.6 Å². The summed E-state index contributed by atoms with van der Waals surface area (Å²) in [5.41, 5.74) is 4.71. The lowest BCUT2D eigenvalue weighted by molar-refractivity contribution is 0.158. The molecule has 0 saturated heterocycles. The number of carbonyl (C=O) groups is 1. The van der Waals surface area contributed by atoms with Gasteiger partial charge in [0.05, 0.1) is 17.1 Å². The molecule has 1 amide bonds. The van der Waals surface area contributed by atoms with Gasteiger partial charge >= 0.3 is 16.3 Å². The molecule has 1 saturated carbocycles. The Labute approximate surface area is 118 Å². The maximum atomic E-state index is 11.9. The predicted octanol–water partition coefficient (Wildman–Crippen LogP) is 0.556. The molecule has 7 nitrogen and oxygen atoms in total. The number of nitrogens with two attached hydrogens (primary N) is 1. The summed E-state index contributed by atoms with van der Waals surface area (Å²) in [5, 5.41) is 0. The minimum absolute atomic E-state index is 0.0851. The number of ether oxygens (including phenoxy) is 1. The van der Waals surface area contributed by atoms with Gasteiger partial charge in [0.2, 0.25) is 0 Å². The highest BCUT2D eigenvalue weighted by Crippen LogP contribution is 2.29. The zero-order chi connectivity index (χ0) is 14.5. The largest absolute Gasteiger partial charge is 0.449 e. The van der Waals surface area contributed by atoms with Crippen LogP contribution in [0, 0.1) is 0 Å². The van der Waals surface area contributed by atoms with Crippen LogP contribution >= 0.6 is 12.2 Å². The fourth-order valence-corrected chi connectivity index (χ4v) is 3.58. The molecule has 1 fully saturated rings. The molecule has 1 rings (SSSR count). The Bertz CT molecular complexity index is 444. The van der Waals surface area contributed by atoms with E-state index in [0.717, 1.165) is 19.3 Å². The zero-order valence-corrected chi connectivity index (χ0v) is 12.4. The van der Waals surface area contributed by atoms with Crippen molar-refractivity contribution in [1.82, 2.24) is 9.44 Å². The molecule has 9 heteroatoms. The van der Waals surface area contributed by atoms with Gasteiger partial charge in [0.15, 0.2) is 0 Å². The summed E-state index contributed by atoms with van der Waals surface area (Å²) in [4.78, 5) is 11.3. The monoisotopic (exact) mass is 309 g/mol. The van der Waals surface area contributed by atoms with Crippen LogP contribution in [-0.4, -0.2) is 31.6 Å². The van der Waals surface area contributed by atoms with Crippen molar-refractivity contribution in [3.63, 3.8) is 0 Å². The van der Waals surface area contributed by atoms with Gasteiger partial charge in [-0.3, -0.25) is 0 Å². The van der Waals surface area contributed by atoms with Gasteiger partial charge in [-0.25, -0.2) is 9.52 Å². The first-order valence-corrected chi connectivity index (χ1v) is 7.99. The SMILES string of the molecule is CCOC(=O)NS(=O)(=O)NC1(C(N)=S)CCCCC1. The van der Waals surface area contributed by atoms with E-state index in [-0.39, 0.29) is 11.6 Å². The Kier molecular flexibility index (Phi) is 5.50. The first-order valence-electron chi connectivity index (χ1n) is 6.10. The van der Waals surface area contributed by atoms with Crippen LogP contribution in [0.4, 0.5) is 4.79 Å². The highest BCUT2D eigenvalue weighted by atomic mass is 32.2. The normalized spacial score (nSPS) is 18.6. The number of thiocarbonyl (C=S) groups is 1. The minimum atomic E-state index is -4.05. The van der Waals surface area contributed by atoms with Crippen molar-refractivity contribution in [3.8, 4) is 0 Å². The third kappa shape index (κ3) is 4.59. The third-order valence-electron chi connectivity index (χ3n) is 3.00. The van der Waals surface area contributed by atoms with E-state index in [1.807, 2.05) is 0 Å². The van der Waals surface area contributed by atoms with Crippen molar-refractivity contribution in [1.29, 1.82) is 0 Å². The van der Waals surface area contributed by atoms with Gasteiger partial charge in [0, 0.05) is 0 Å². The van der Waals surface area contributed by atoms with Crippen molar-refractivity contribution < 1.29 is 17.9 Å². The molecule has 19 heavy (non-hydrogen) atoms. The lowest BCUT2D eigenvalue weighted by atomic mass is 9.82. The molecule has 1 aliphatic rings. The van der Waals surface area contributed by atoms with Gasteiger partial charge in [-0.05, 0) is 19.8 Å². The van der Waals surface area contributed by atoms with Crippen molar-refractivity contribution >= 4 is 33.5 Å². The van der Waals surface area contributed by atoms with Gasteiger partial charge in [-0.15, -0.1) is 0 Å². The van der Waals surface area contributed by atoms with Crippen LogP contribution in [0.5, 0.6) is 0 Å². The van der Waals surface area contributed by atoms with Crippen LogP contribution in [0.25, 0.3) is 0 Å². The zero-order valence-electron chi connectivity index (χ0n) is 10.8. The first-order chi connectivity index (χ1) is 8.81. The van der Waals surface area contributed by atoms with E-state index in [0.29, 0.717) is 12.8 Å². The van der Waals surface area contributed by atoms with Gasteiger partial charge in [0.25, 0.3) is 0 Å². The van der Waals surface area contributed by atoms with Crippen LogP contribution in [0.3, 0.4) is 0 Å². The highest BCUT2D eigenvalue weighted by molar-refractivity contribution is 7.88. The molecule has 110 valence electrons. The van der Waals surface area contributed by atoms with Crippen LogP contribution in [0.1, 0.15) is 39.0 Å². The molecule has 0 aromatic rings. The Hall–Kier alpha value is -0.930. The van der Waals surface area contributed by atoms with E-state index in [4.69, 9.17) is 18.0 Å². The second-order valence-electron chi connectivity index (χ2n) is 4.44. The van der Waals surface area contributed by atoms with Crippen molar-refractivity contribution in [3.05, 3.63) is 0 Å². The quantitative estimate of drug-likeness (QED) is 0.640. The topological polar surface area (TPSA) is 111 Å². The number of nitrogens with one attached hydrogen (secondary N) is 2. The van der Waals surface area contributed by atoms with Crippen LogP contribution in [0.2, 0.25) is 0 Å². The fraction of sp³-hybridized carbons (Fsp3) is 0.800. The van der Waals surface area contributed by atoms with Gasteiger partial charge in [-0.2, -0.15) is 13.1 Å². The summed E-state index contributed by atoms with van der Waals surface area (Å²) in [6.45, 7) is 1.67. The number of carbonyl (C=O) groups excluding carboxylic acids is 1. The van der Waals surface area contributed by atoms with Crippen molar-refractivity contribution in [2.24, 2.45) is 5.73 Å². The summed E-state index contributed by atoms with van der Waals surface area (Å²) < 4.78 is 32.4. The van der Waals surface area contributed by atoms with Gasteiger partial charge in [-0.1, -0.05) is 31.5 Å². The lowest BCUT2D eigenvalue weighted by Gasteiger charge is -2.36. The number of amides is 1. The summed E-state index contributed by atoms with van der Waals surface area (Å²) in [6.07, 6.45) is 2.72. The van der Waals surface area contributed by atoms with Gasteiger partial charge in [0.1, 0.15) is 0 Å². The molecule has 0 atom stereocenters. The first kappa shape index (κ1) is 16.1. The summed E-state index contributed by atoms with van der Waals surface area (Å²) >= 11 is 4.97. The van der Waals surface area contributed by atoms with Crippen LogP contribution in [-0.2, 0) is 14.9 Å². The van der Waals surface area contributed by atoms with Crippen molar-refractivity contribution in [2.75, 3.05) is 6.61 Å². The average molecular weight is 309 g/mol. The van der Waals surface area contributed by atoms with E-state index in [2.05, 4.69) is 9.46 Å². The minimum Gasteiger partial charge on any atom is -0.449 e. The molecule has 0 radical (unpaired) electrons. The lowest BCUT2D eigenvalue weighted by Crippen LogP contribution is -2.60. The third-order valence-corrected chi connectivity index (χ3v) is 4.49. The highest BCUT2D eigenvalue weighted by Gasteiger charge is 2.39. The van der Waals surface area contributed by atoms with Crippen LogP contribution in [0.15, 0.2) is 0 Å². The second-order valence-corrected chi connectivity index (χ2v) is 6.29. The molecule has 0 heterocycles. The Morgan fingerprint density at radius 3 is 2.42 bits per heavy atom. The molecule has 0 aliphatic heterocycles. The maximum absolute atomic E-state index is 11.9. The molecule has 4 N–H and O–H groups in total. The molecular formula is C10H19N3O4S2. The number of rotatable bonds is 5. The van der Waals surface area contributed by atoms with E-state index in [1.165, 1.54) is 0 Å². The van der Waals surface area contributed by atoms with E-state index >= 15 is 0 Å². The standard InChI is InChI=1S/C10H19N3O4S2/c1-2-17-9(14)12-19(15,16)13-10(8(11)18)6-4-3-5-7-10/h13H,2-7H2,1H3,(H2,11,18)(H,12,14). The summed E-state index contributed by atoms with van der Waals surface area (Å²) in [7, 11) is -4.05. The Morgan fingerprint density at radius 1 is 1.37 bits per heavy atom. The molecule has 1 aliphatic carbocycles. The molecule has 0 spiro atoms. The van der Waals surface area contributed by atoms with E-state index in [1.54, 1.807) is 11.6 Å². The summed E-state index contributed by atoms with van der Waals surface area (Å²) in [5.74, 6) is 0. The predicted molar refractivity (Wildman–Crippen MR) is 74.8 cm³/mol. The molecular weight excluding hydrogens is 290 g/mol. The smallest absolute Gasteiger partial charge is 0.421 e. The fourth-order valence-electron chi connectivity index (χ4n) is 2.11.